The predicted octanol–water partition coefficient (Wildman–Crippen LogP) is 4.04. The maximum Gasteiger partial charge on any atom is 0.296 e. The highest BCUT2D eigenvalue weighted by Gasteiger charge is 2.16. The number of hydrogen-bond donors (Lipinski definition) is 1. The number of anilines is 1. The quantitative estimate of drug-likeness (QED) is 0.399. The number of rotatable bonds is 7. The lowest BCUT2D eigenvalue weighted by molar-refractivity contribution is -0.384. The van der Waals surface area contributed by atoms with E-state index in [1.54, 1.807) is 18.2 Å². The van der Waals surface area contributed by atoms with Gasteiger partial charge in [0.1, 0.15) is 11.4 Å². The maximum absolute atomic E-state index is 12.2. The van der Waals surface area contributed by atoms with Gasteiger partial charge in [-0.25, -0.2) is 0 Å². The van der Waals surface area contributed by atoms with Crippen molar-refractivity contribution < 1.29 is 23.9 Å². The molecule has 0 fully saturated rings. The van der Waals surface area contributed by atoms with Crippen LogP contribution in [0.25, 0.3) is 6.08 Å². The summed E-state index contributed by atoms with van der Waals surface area (Å²) in [7, 11) is 4.43. The minimum Gasteiger partial charge on any atom is -0.496 e. The van der Waals surface area contributed by atoms with Crippen LogP contribution in [0.3, 0.4) is 0 Å². The summed E-state index contributed by atoms with van der Waals surface area (Å²) in [4.78, 5) is 22.7. The number of carbonyl (C=O) groups excluding carboxylic acids is 1. The Kier molecular flexibility index (Phi) is 6.78. The van der Waals surface area contributed by atoms with Crippen LogP contribution in [0.1, 0.15) is 5.56 Å². The third-order valence-corrected chi connectivity index (χ3v) is 4.13. The maximum atomic E-state index is 12.2. The number of amides is 1. The molecule has 0 aliphatic heterocycles. The molecule has 0 aliphatic rings. The zero-order valence-electron chi connectivity index (χ0n) is 14.8. The number of nitrogens with zero attached hydrogens (tertiary/aromatic N) is 1. The first-order valence-corrected chi connectivity index (χ1v) is 8.42. The molecule has 0 spiro atoms. The molecule has 1 amide bonds. The highest BCUT2D eigenvalue weighted by Crippen LogP contribution is 2.36. The Bertz CT molecular complexity index is 898. The third-order valence-electron chi connectivity index (χ3n) is 3.54. The number of nitro groups is 1. The van der Waals surface area contributed by atoms with Crippen LogP contribution in [0.5, 0.6) is 17.2 Å². The normalized spacial score (nSPS) is 10.5. The number of halogens is 1. The summed E-state index contributed by atoms with van der Waals surface area (Å²) in [6.45, 7) is 0. The summed E-state index contributed by atoms with van der Waals surface area (Å²) in [6, 6.07) is 7.63. The van der Waals surface area contributed by atoms with Crippen molar-refractivity contribution in [2.24, 2.45) is 0 Å². The van der Waals surface area contributed by atoms with E-state index in [9.17, 15) is 14.9 Å². The first-order valence-electron chi connectivity index (χ1n) is 7.62. The van der Waals surface area contributed by atoms with Crippen molar-refractivity contribution in [3.05, 3.63) is 56.6 Å². The fourth-order valence-corrected chi connectivity index (χ4v) is 2.90. The molecular formula is C18H17BrN2O6. The number of carbonyl (C=O) groups is 1. The second-order valence-corrected chi connectivity index (χ2v) is 6.06. The molecule has 0 saturated heterocycles. The van der Waals surface area contributed by atoms with Gasteiger partial charge in [0.25, 0.3) is 5.69 Å². The summed E-state index contributed by atoms with van der Waals surface area (Å²) in [6.07, 6.45) is 2.82. The van der Waals surface area contributed by atoms with Gasteiger partial charge in [0.2, 0.25) is 5.91 Å². The molecule has 0 aliphatic carbocycles. The average Bonchev–Trinajstić information content (AvgIpc) is 2.65. The average molecular weight is 437 g/mol. The third kappa shape index (κ3) is 4.98. The lowest BCUT2D eigenvalue weighted by Gasteiger charge is -2.10. The lowest BCUT2D eigenvalue weighted by Crippen LogP contribution is -2.09. The smallest absolute Gasteiger partial charge is 0.296 e. The van der Waals surface area contributed by atoms with E-state index < -0.39 is 10.8 Å². The molecule has 8 nitrogen and oxygen atoms in total. The van der Waals surface area contributed by atoms with E-state index in [-0.39, 0.29) is 11.4 Å². The van der Waals surface area contributed by atoms with Gasteiger partial charge in [-0.1, -0.05) is 0 Å². The molecule has 0 radical (unpaired) electrons. The molecule has 0 unspecified atom stereocenters. The van der Waals surface area contributed by atoms with Crippen molar-refractivity contribution in [1.29, 1.82) is 0 Å². The molecule has 2 aromatic carbocycles. The Balaban J connectivity index is 2.21. The lowest BCUT2D eigenvalue weighted by atomic mass is 10.2. The van der Waals surface area contributed by atoms with Crippen molar-refractivity contribution in [1.82, 2.24) is 0 Å². The largest absolute Gasteiger partial charge is 0.496 e. The predicted molar refractivity (Wildman–Crippen MR) is 105 cm³/mol. The summed E-state index contributed by atoms with van der Waals surface area (Å²) < 4.78 is 16.1. The van der Waals surface area contributed by atoms with Gasteiger partial charge in [0.05, 0.1) is 36.8 Å². The highest BCUT2D eigenvalue weighted by molar-refractivity contribution is 9.10. The van der Waals surface area contributed by atoms with E-state index >= 15 is 0 Å². The Morgan fingerprint density at radius 2 is 1.89 bits per heavy atom. The molecular weight excluding hydrogens is 420 g/mol. The van der Waals surface area contributed by atoms with Gasteiger partial charge in [-0.2, -0.15) is 0 Å². The minimum absolute atomic E-state index is 0.0731. The standard InChI is InChI=1S/C18H17BrN2O6/c1-25-12-5-6-14(15(10-12)21(23)24)20-17(22)7-4-11-8-13(19)18(27-3)16(9-11)26-2/h4-10H,1-3H3,(H,20,22)/b7-4+. The number of methoxy groups -OCH3 is 3. The molecule has 2 aromatic rings. The summed E-state index contributed by atoms with van der Waals surface area (Å²) in [5.41, 5.74) is 0.493. The number of ether oxygens (including phenoxy) is 3. The van der Waals surface area contributed by atoms with E-state index in [0.29, 0.717) is 27.3 Å². The minimum atomic E-state index is -0.590. The monoisotopic (exact) mass is 436 g/mol. The first kappa shape index (κ1) is 20.2. The van der Waals surface area contributed by atoms with Gasteiger partial charge in [-0.05, 0) is 51.8 Å². The van der Waals surface area contributed by atoms with E-state index in [1.807, 2.05) is 0 Å². The Labute approximate surface area is 164 Å². The van der Waals surface area contributed by atoms with E-state index in [0.717, 1.165) is 0 Å². The zero-order valence-corrected chi connectivity index (χ0v) is 16.4. The van der Waals surface area contributed by atoms with Crippen molar-refractivity contribution >= 4 is 39.3 Å². The van der Waals surface area contributed by atoms with Crippen LogP contribution in [0.2, 0.25) is 0 Å². The Morgan fingerprint density at radius 3 is 2.48 bits per heavy atom. The second-order valence-electron chi connectivity index (χ2n) is 5.20. The SMILES string of the molecule is COc1ccc(NC(=O)/C=C/c2cc(Br)c(OC)c(OC)c2)c([N+](=O)[O-])c1. The van der Waals surface area contributed by atoms with Gasteiger partial charge >= 0.3 is 0 Å². The van der Waals surface area contributed by atoms with Crippen LogP contribution >= 0.6 is 15.9 Å². The highest BCUT2D eigenvalue weighted by atomic mass is 79.9. The molecule has 0 aromatic heterocycles. The van der Waals surface area contributed by atoms with Crippen LogP contribution in [-0.4, -0.2) is 32.2 Å². The summed E-state index contributed by atoms with van der Waals surface area (Å²) in [5.74, 6) is 0.838. The van der Waals surface area contributed by atoms with E-state index in [4.69, 9.17) is 14.2 Å². The van der Waals surface area contributed by atoms with Crippen LogP contribution in [0.4, 0.5) is 11.4 Å². The van der Waals surface area contributed by atoms with Crippen molar-refractivity contribution in [3.63, 3.8) is 0 Å². The molecule has 0 bridgehead atoms. The molecule has 0 atom stereocenters. The number of hydrogen-bond acceptors (Lipinski definition) is 6. The molecule has 2 rings (SSSR count). The zero-order chi connectivity index (χ0) is 20.0. The Morgan fingerprint density at radius 1 is 1.15 bits per heavy atom. The number of nitrogens with one attached hydrogen (secondary N) is 1. The molecule has 142 valence electrons. The van der Waals surface area contributed by atoms with Gasteiger partial charge in [-0.3, -0.25) is 14.9 Å². The first-order chi connectivity index (χ1) is 12.9. The van der Waals surface area contributed by atoms with Crippen molar-refractivity contribution in [2.75, 3.05) is 26.6 Å². The van der Waals surface area contributed by atoms with Crippen molar-refractivity contribution in [2.45, 2.75) is 0 Å². The van der Waals surface area contributed by atoms with Gasteiger partial charge < -0.3 is 19.5 Å². The van der Waals surface area contributed by atoms with Crippen LogP contribution in [0.15, 0.2) is 40.9 Å². The topological polar surface area (TPSA) is 99.9 Å². The molecule has 27 heavy (non-hydrogen) atoms. The van der Waals surface area contributed by atoms with E-state index in [2.05, 4.69) is 21.2 Å². The van der Waals surface area contributed by atoms with Crippen LogP contribution in [0, 0.1) is 10.1 Å². The van der Waals surface area contributed by atoms with Gasteiger partial charge in [0.15, 0.2) is 11.5 Å². The van der Waals surface area contributed by atoms with Crippen molar-refractivity contribution in [3.8, 4) is 17.2 Å². The molecule has 0 saturated carbocycles. The summed E-state index contributed by atoms with van der Waals surface area (Å²) >= 11 is 3.37. The number of nitro benzene ring substituents is 1. The molecule has 9 heteroatoms. The molecule has 1 N–H and O–H groups in total. The van der Waals surface area contributed by atoms with Crippen LogP contribution < -0.4 is 19.5 Å². The second kappa shape index (κ2) is 9.04. The van der Waals surface area contributed by atoms with Gasteiger partial charge in [0, 0.05) is 6.08 Å². The fraction of sp³-hybridized carbons (Fsp3) is 0.167. The van der Waals surface area contributed by atoms with Gasteiger partial charge in [-0.15, -0.1) is 0 Å². The fourth-order valence-electron chi connectivity index (χ4n) is 2.28. The van der Waals surface area contributed by atoms with E-state index in [1.165, 1.54) is 45.6 Å². The molecule has 0 heterocycles. The number of benzene rings is 2. The summed E-state index contributed by atoms with van der Waals surface area (Å²) in [5, 5.41) is 13.7. The Hall–Kier alpha value is -3.07. The van der Waals surface area contributed by atoms with Crippen LogP contribution in [-0.2, 0) is 4.79 Å².